The first kappa shape index (κ1) is 25.3. The summed E-state index contributed by atoms with van der Waals surface area (Å²) in [5.41, 5.74) is 3.44. The van der Waals surface area contributed by atoms with Crippen molar-refractivity contribution in [3.05, 3.63) is 54.1 Å². The Bertz CT molecular complexity index is 951. The molecule has 1 saturated carbocycles. The number of alkyl halides is 1. The third-order valence-corrected chi connectivity index (χ3v) is 7.90. The van der Waals surface area contributed by atoms with E-state index in [-0.39, 0.29) is 11.3 Å². The molecule has 2 aromatic carbocycles. The van der Waals surface area contributed by atoms with E-state index in [4.69, 9.17) is 16.3 Å². The second-order valence-corrected chi connectivity index (χ2v) is 10.6. The molecule has 2 unspecified atom stereocenters. The lowest BCUT2D eigenvalue weighted by molar-refractivity contribution is -0.134. The average Bonchev–Trinajstić information content (AvgIpc) is 2.84. The van der Waals surface area contributed by atoms with Crippen molar-refractivity contribution in [3.63, 3.8) is 0 Å². The van der Waals surface area contributed by atoms with Gasteiger partial charge in [0.25, 0.3) is 0 Å². The number of carbonyl (C=O) groups is 1. The third-order valence-electron chi connectivity index (χ3n) is 7.21. The molecule has 0 aliphatic heterocycles. The smallest absolute Gasteiger partial charge is 0.329 e. The van der Waals surface area contributed by atoms with E-state index >= 15 is 0 Å². The summed E-state index contributed by atoms with van der Waals surface area (Å²) in [6.45, 7) is 8.27. The van der Waals surface area contributed by atoms with Crippen LogP contribution >= 0.6 is 11.6 Å². The molecule has 1 aliphatic carbocycles. The molecular formula is C29H36ClNO2. The number of benzene rings is 2. The van der Waals surface area contributed by atoms with Crippen molar-refractivity contribution < 1.29 is 9.53 Å². The Morgan fingerprint density at radius 2 is 1.61 bits per heavy atom. The van der Waals surface area contributed by atoms with Crippen molar-refractivity contribution >= 4 is 17.6 Å². The molecule has 4 heteroatoms. The van der Waals surface area contributed by atoms with E-state index in [2.05, 4.69) is 44.2 Å². The highest BCUT2D eigenvalue weighted by molar-refractivity contribution is 6.30. The molecule has 0 radical (unpaired) electrons. The molecule has 0 heterocycles. The van der Waals surface area contributed by atoms with Crippen molar-refractivity contribution in [1.29, 1.82) is 5.26 Å². The zero-order chi connectivity index (χ0) is 24.0. The van der Waals surface area contributed by atoms with E-state index in [1.165, 1.54) is 5.56 Å². The van der Waals surface area contributed by atoms with Gasteiger partial charge in [0, 0.05) is 0 Å². The summed E-state index contributed by atoms with van der Waals surface area (Å²) in [5.74, 6) is 1.26. The summed E-state index contributed by atoms with van der Waals surface area (Å²) in [6.07, 6.45) is 6.34. The zero-order valence-corrected chi connectivity index (χ0v) is 21.1. The minimum absolute atomic E-state index is 0.0253. The van der Waals surface area contributed by atoms with Crippen molar-refractivity contribution in [2.45, 2.75) is 77.5 Å². The summed E-state index contributed by atoms with van der Waals surface area (Å²) < 4.78 is 5.39. The Balaban J connectivity index is 1.61. The molecular weight excluding hydrogens is 430 g/mol. The molecule has 0 N–H and O–H groups in total. The summed E-state index contributed by atoms with van der Waals surface area (Å²) in [6, 6.07) is 19.0. The van der Waals surface area contributed by atoms with E-state index in [0.29, 0.717) is 17.6 Å². The lowest BCUT2D eigenvalue weighted by Gasteiger charge is -2.36. The van der Waals surface area contributed by atoms with E-state index in [0.717, 1.165) is 49.7 Å². The van der Waals surface area contributed by atoms with Gasteiger partial charge in [-0.25, -0.2) is 0 Å². The first-order valence-corrected chi connectivity index (χ1v) is 12.7. The number of nitrogens with zero attached hydrogens (tertiary/aromatic N) is 1. The van der Waals surface area contributed by atoms with Crippen LogP contribution in [-0.2, 0) is 4.79 Å². The van der Waals surface area contributed by atoms with Gasteiger partial charge in [0.2, 0.25) is 0 Å². The van der Waals surface area contributed by atoms with E-state index in [1.54, 1.807) is 0 Å². The minimum atomic E-state index is -0.648. The van der Waals surface area contributed by atoms with Crippen molar-refractivity contribution in [2.24, 2.45) is 17.3 Å². The van der Waals surface area contributed by atoms with Crippen LogP contribution in [0.2, 0.25) is 0 Å². The SMILES string of the molecule is CCC(C)CC1(C#N)CCC(c2ccc(-c3ccc(OC(=O)C(Cl)C(C)C)cc3)cc2)CC1. The Hall–Kier alpha value is -2.31. The Morgan fingerprint density at radius 1 is 1.06 bits per heavy atom. The van der Waals surface area contributed by atoms with Crippen LogP contribution in [0.5, 0.6) is 5.75 Å². The molecule has 0 saturated heterocycles. The molecule has 3 nitrogen and oxygen atoms in total. The monoisotopic (exact) mass is 465 g/mol. The summed E-state index contributed by atoms with van der Waals surface area (Å²) >= 11 is 6.08. The number of hydrogen-bond acceptors (Lipinski definition) is 3. The first-order valence-electron chi connectivity index (χ1n) is 12.2. The Morgan fingerprint density at radius 3 is 2.09 bits per heavy atom. The van der Waals surface area contributed by atoms with Gasteiger partial charge in [0.1, 0.15) is 11.1 Å². The maximum Gasteiger partial charge on any atom is 0.329 e. The molecule has 176 valence electrons. The highest BCUT2D eigenvalue weighted by Crippen LogP contribution is 2.46. The zero-order valence-electron chi connectivity index (χ0n) is 20.3. The highest BCUT2D eigenvalue weighted by Gasteiger charge is 2.36. The number of hydrogen-bond donors (Lipinski definition) is 0. The predicted octanol–water partition coefficient (Wildman–Crippen LogP) is 8.13. The largest absolute Gasteiger partial charge is 0.425 e. The van der Waals surface area contributed by atoms with E-state index in [9.17, 15) is 10.1 Å². The quantitative estimate of drug-likeness (QED) is 0.224. The molecule has 3 rings (SSSR count). The molecule has 0 bridgehead atoms. The standard InChI is InChI=1S/C29H36ClNO2/c1-5-21(4)18-29(19-31)16-14-25(15-17-29)23-8-6-22(7-9-23)24-10-12-26(13-11-24)33-28(32)27(30)20(2)3/h6-13,20-21,25,27H,5,14-18H2,1-4H3. The summed E-state index contributed by atoms with van der Waals surface area (Å²) in [4.78, 5) is 12.1. The van der Waals surface area contributed by atoms with Crippen LogP contribution < -0.4 is 4.74 Å². The van der Waals surface area contributed by atoms with Crippen LogP contribution in [0.25, 0.3) is 11.1 Å². The normalized spacial score (nSPS) is 22.4. The highest BCUT2D eigenvalue weighted by atomic mass is 35.5. The number of halogens is 1. The van der Waals surface area contributed by atoms with Crippen molar-refractivity contribution in [3.8, 4) is 22.9 Å². The molecule has 0 spiro atoms. The molecule has 1 fully saturated rings. The lowest BCUT2D eigenvalue weighted by atomic mass is 9.66. The van der Waals surface area contributed by atoms with Gasteiger partial charge in [-0.2, -0.15) is 5.26 Å². The number of esters is 1. The van der Waals surface area contributed by atoms with Gasteiger partial charge in [-0.05, 0) is 78.7 Å². The van der Waals surface area contributed by atoms with Crippen LogP contribution in [0.4, 0.5) is 0 Å². The topological polar surface area (TPSA) is 50.1 Å². The predicted molar refractivity (Wildman–Crippen MR) is 135 cm³/mol. The van der Waals surface area contributed by atoms with Gasteiger partial charge in [0.15, 0.2) is 0 Å². The molecule has 2 atom stereocenters. The molecule has 1 aliphatic rings. The molecule has 0 aromatic heterocycles. The Kier molecular flexibility index (Phi) is 8.60. The number of ether oxygens (including phenoxy) is 1. The minimum Gasteiger partial charge on any atom is -0.425 e. The summed E-state index contributed by atoms with van der Waals surface area (Å²) in [7, 11) is 0. The number of rotatable bonds is 8. The van der Waals surface area contributed by atoms with Crippen molar-refractivity contribution in [1.82, 2.24) is 0 Å². The van der Waals surface area contributed by atoms with Gasteiger partial charge in [-0.3, -0.25) is 4.79 Å². The van der Waals surface area contributed by atoms with E-state index in [1.807, 2.05) is 38.1 Å². The van der Waals surface area contributed by atoms with E-state index < -0.39 is 11.3 Å². The van der Waals surface area contributed by atoms with Crippen LogP contribution in [0.1, 0.15) is 77.7 Å². The fourth-order valence-electron chi connectivity index (χ4n) is 4.78. The third kappa shape index (κ3) is 6.39. The lowest BCUT2D eigenvalue weighted by Crippen LogP contribution is -2.27. The van der Waals surface area contributed by atoms with Crippen molar-refractivity contribution in [2.75, 3.05) is 0 Å². The fraction of sp³-hybridized carbons (Fsp3) is 0.517. The van der Waals surface area contributed by atoms with Crippen LogP contribution in [0, 0.1) is 28.6 Å². The second-order valence-electron chi connectivity index (χ2n) is 10.1. The molecule has 2 aromatic rings. The number of carbonyl (C=O) groups excluding carboxylic acids is 1. The second kappa shape index (κ2) is 11.2. The van der Waals surface area contributed by atoms with Crippen LogP contribution in [0.15, 0.2) is 48.5 Å². The van der Waals surface area contributed by atoms with Gasteiger partial charge in [-0.15, -0.1) is 11.6 Å². The Labute approximate surface area is 204 Å². The molecule has 33 heavy (non-hydrogen) atoms. The average molecular weight is 466 g/mol. The number of nitriles is 1. The van der Waals surface area contributed by atoms with Gasteiger partial charge in [-0.1, -0.05) is 70.5 Å². The fourth-order valence-corrected chi connectivity index (χ4v) is 4.83. The van der Waals surface area contributed by atoms with Gasteiger partial charge in [0.05, 0.1) is 11.5 Å². The molecule has 0 amide bonds. The maximum absolute atomic E-state index is 12.1. The maximum atomic E-state index is 12.1. The van der Waals surface area contributed by atoms with Gasteiger partial charge < -0.3 is 4.74 Å². The van der Waals surface area contributed by atoms with Gasteiger partial charge >= 0.3 is 5.97 Å². The van der Waals surface area contributed by atoms with Crippen LogP contribution in [0.3, 0.4) is 0 Å². The first-order chi connectivity index (χ1) is 15.8. The summed E-state index contributed by atoms with van der Waals surface area (Å²) in [5, 5.41) is 9.19. The van der Waals surface area contributed by atoms with Crippen LogP contribution in [-0.4, -0.2) is 11.3 Å².